The highest BCUT2D eigenvalue weighted by Crippen LogP contribution is 2.36. The molecular formula is C22H24N2O4. The van der Waals surface area contributed by atoms with Gasteiger partial charge in [0.15, 0.2) is 0 Å². The van der Waals surface area contributed by atoms with E-state index in [0.29, 0.717) is 17.0 Å². The van der Waals surface area contributed by atoms with Gasteiger partial charge in [-0.3, -0.25) is 4.68 Å². The van der Waals surface area contributed by atoms with Crippen molar-refractivity contribution < 1.29 is 19.4 Å². The van der Waals surface area contributed by atoms with Gasteiger partial charge in [0.05, 0.1) is 31.2 Å². The summed E-state index contributed by atoms with van der Waals surface area (Å²) >= 11 is 0. The second-order valence-corrected chi connectivity index (χ2v) is 6.41. The number of aryl methyl sites for hydroxylation is 1. The van der Waals surface area contributed by atoms with Crippen molar-refractivity contribution in [1.82, 2.24) is 9.78 Å². The van der Waals surface area contributed by atoms with Crippen LogP contribution in [0.2, 0.25) is 0 Å². The summed E-state index contributed by atoms with van der Waals surface area (Å²) in [6.07, 6.45) is 2.02. The highest BCUT2D eigenvalue weighted by molar-refractivity contribution is 5.90. The number of carboxylic acid groups (broad SMARTS) is 1. The molecule has 3 rings (SSSR count). The molecule has 146 valence electrons. The molecule has 28 heavy (non-hydrogen) atoms. The Kier molecular flexibility index (Phi) is 5.99. The van der Waals surface area contributed by atoms with Crippen LogP contribution in [0.1, 0.15) is 30.1 Å². The lowest BCUT2D eigenvalue weighted by molar-refractivity contribution is 0.0697. The van der Waals surface area contributed by atoms with Crippen molar-refractivity contribution in [2.75, 3.05) is 14.2 Å². The van der Waals surface area contributed by atoms with Gasteiger partial charge in [0, 0.05) is 17.7 Å². The van der Waals surface area contributed by atoms with E-state index in [1.54, 1.807) is 26.4 Å². The van der Waals surface area contributed by atoms with Crippen LogP contribution in [0.4, 0.5) is 0 Å². The summed E-state index contributed by atoms with van der Waals surface area (Å²) in [4.78, 5) is 11.4. The first-order valence-electron chi connectivity index (χ1n) is 9.22. The van der Waals surface area contributed by atoms with Gasteiger partial charge in [0.1, 0.15) is 11.5 Å². The van der Waals surface area contributed by atoms with E-state index in [1.165, 1.54) is 6.07 Å². The molecule has 0 saturated heterocycles. The van der Waals surface area contributed by atoms with Crippen LogP contribution in [-0.2, 0) is 6.54 Å². The van der Waals surface area contributed by atoms with Crippen LogP contribution in [0.3, 0.4) is 0 Å². The van der Waals surface area contributed by atoms with Gasteiger partial charge in [0.2, 0.25) is 0 Å². The molecule has 6 nitrogen and oxygen atoms in total. The zero-order valence-corrected chi connectivity index (χ0v) is 16.3. The zero-order chi connectivity index (χ0) is 20.1. The minimum atomic E-state index is -0.987. The number of nitrogens with zero attached hydrogens (tertiary/aromatic N) is 2. The molecule has 0 unspecified atom stereocenters. The summed E-state index contributed by atoms with van der Waals surface area (Å²) in [6.45, 7) is 2.89. The fourth-order valence-electron chi connectivity index (χ4n) is 3.14. The first-order valence-corrected chi connectivity index (χ1v) is 9.22. The third-order valence-electron chi connectivity index (χ3n) is 4.61. The number of aromatic carboxylic acids is 1. The van der Waals surface area contributed by atoms with Gasteiger partial charge < -0.3 is 14.6 Å². The highest BCUT2D eigenvalue weighted by Gasteiger charge is 2.18. The van der Waals surface area contributed by atoms with Gasteiger partial charge in [-0.05, 0) is 42.8 Å². The monoisotopic (exact) mass is 380 g/mol. The molecule has 0 spiro atoms. The van der Waals surface area contributed by atoms with E-state index in [9.17, 15) is 9.90 Å². The molecule has 1 N–H and O–H groups in total. The highest BCUT2D eigenvalue weighted by atomic mass is 16.5. The first-order chi connectivity index (χ1) is 13.6. The van der Waals surface area contributed by atoms with Crippen LogP contribution in [-0.4, -0.2) is 35.1 Å². The zero-order valence-electron chi connectivity index (χ0n) is 16.3. The van der Waals surface area contributed by atoms with Gasteiger partial charge >= 0.3 is 5.97 Å². The number of para-hydroxylation sites is 1. The summed E-state index contributed by atoms with van der Waals surface area (Å²) in [7, 11) is 3.21. The molecule has 0 amide bonds. The Balaban J connectivity index is 2.17. The van der Waals surface area contributed by atoms with Gasteiger partial charge in [-0.1, -0.05) is 25.5 Å². The Morgan fingerprint density at radius 2 is 1.75 bits per heavy atom. The van der Waals surface area contributed by atoms with E-state index in [1.807, 2.05) is 35.0 Å². The number of carboxylic acids is 1. The van der Waals surface area contributed by atoms with Crippen molar-refractivity contribution in [2.45, 2.75) is 26.3 Å². The quantitative estimate of drug-likeness (QED) is 0.611. The SMILES string of the molecule is CCCCn1nc(-c2cc(C(=O)O)ccc2OC)cc1-c1ccccc1OC. The second kappa shape index (κ2) is 8.61. The number of hydrogen-bond acceptors (Lipinski definition) is 4. The molecule has 2 aromatic carbocycles. The smallest absolute Gasteiger partial charge is 0.335 e. The molecule has 0 radical (unpaired) electrons. The molecule has 6 heteroatoms. The van der Waals surface area contributed by atoms with Crippen LogP contribution >= 0.6 is 0 Å². The van der Waals surface area contributed by atoms with Crippen LogP contribution in [0.5, 0.6) is 11.5 Å². The van der Waals surface area contributed by atoms with Crippen molar-refractivity contribution >= 4 is 5.97 Å². The average molecular weight is 380 g/mol. The van der Waals surface area contributed by atoms with Crippen LogP contribution in [0.15, 0.2) is 48.5 Å². The van der Waals surface area contributed by atoms with Crippen molar-refractivity contribution in [2.24, 2.45) is 0 Å². The minimum Gasteiger partial charge on any atom is -0.496 e. The number of benzene rings is 2. The van der Waals surface area contributed by atoms with Crippen molar-refractivity contribution in [1.29, 1.82) is 0 Å². The maximum absolute atomic E-state index is 11.4. The fraction of sp³-hybridized carbons (Fsp3) is 0.273. The third-order valence-corrected chi connectivity index (χ3v) is 4.61. The van der Waals surface area contributed by atoms with E-state index in [4.69, 9.17) is 14.6 Å². The summed E-state index contributed by atoms with van der Waals surface area (Å²) in [5.41, 5.74) is 3.36. The van der Waals surface area contributed by atoms with Gasteiger partial charge in [0.25, 0.3) is 0 Å². The van der Waals surface area contributed by atoms with Crippen molar-refractivity contribution in [3.05, 3.63) is 54.1 Å². The van der Waals surface area contributed by atoms with E-state index in [2.05, 4.69) is 6.92 Å². The summed E-state index contributed by atoms with van der Waals surface area (Å²) in [6, 6.07) is 14.5. The Bertz CT molecular complexity index is 978. The molecule has 1 heterocycles. The number of unbranched alkanes of at least 4 members (excludes halogenated alkanes) is 1. The Morgan fingerprint density at radius 1 is 1.04 bits per heavy atom. The van der Waals surface area contributed by atoms with E-state index in [-0.39, 0.29) is 5.56 Å². The van der Waals surface area contributed by atoms with Crippen LogP contribution in [0.25, 0.3) is 22.5 Å². The molecule has 0 saturated carbocycles. The molecule has 0 aliphatic rings. The maximum Gasteiger partial charge on any atom is 0.335 e. The number of carbonyl (C=O) groups is 1. The number of ether oxygens (including phenoxy) is 2. The summed E-state index contributed by atoms with van der Waals surface area (Å²) in [5.74, 6) is 0.355. The standard InChI is InChI=1S/C22H24N2O4/c1-4-5-12-24-19(16-8-6-7-9-20(16)27-2)14-18(23-24)17-13-15(22(25)26)10-11-21(17)28-3/h6-11,13-14H,4-5,12H2,1-3H3,(H,25,26). The van der Waals surface area contributed by atoms with E-state index < -0.39 is 5.97 Å². The Hall–Kier alpha value is -3.28. The number of aromatic nitrogens is 2. The van der Waals surface area contributed by atoms with Gasteiger partial charge in [-0.25, -0.2) is 4.79 Å². The normalized spacial score (nSPS) is 10.7. The molecule has 0 bridgehead atoms. The molecule has 3 aromatic rings. The van der Waals surface area contributed by atoms with E-state index >= 15 is 0 Å². The number of hydrogen-bond donors (Lipinski definition) is 1. The second-order valence-electron chi connectivity index (χ2n) is 6.41. The molecular weight excluding hydrogens is 356 g/mol. The predicted molar refractivity (Wildman–Crippen MR) is 108 cm³/mol. The molecule has 1 aromatic heterocycles. The largest absolute Gasteiger partial charge is 0.496 e. The first kappa shape index (κ1) is 19.5. The molecule has 0 fully saturated rings. The summed E-state index contributed by atoms with van der Waals surface area (Å²) < 4.78 is 12.9. The Labute approximate surface area is 164 Å². The topological polar surface area (TPSA) is 73.6 Å². The van der Waals surface area contributed by atoms with E-state index in [0.717, 1.165) is 36.4 Å². The Morgan fingerprint density at radius 3 is 2.43 bits per heavy atom. The predicted octanol–water partition coefficient (Wildman–Crippen LogP) is 4.73. The summed E-state index contributed by atoms with van der Waals surface area (Å²) in [5, 5.41) is 14.1. The molecule has 0 atom stereocenters. The fourth-order valence-corrected chi connectivity index (χ4v) is 3.14. The molecule has 0 aliphatic heterocycles. The van der Waals surface area contributed by atoms with Gasteiger partial charge in [-0.2, -0.15) is 5.10 Å². The average Bonchev–Trinajstić information content (AvgIpc) is 3.15. The number of rotatable bonds is 8. The lowest BCUT2D eigenvalue weighted by Gasteiger charge is -2.10. The third kappa shape index (κ3) is 3.86. The van der Waals surface area contributed by atoms with Gasteiger partial charge in [-0.15, -0.1) is 0 Å². The van der Waals surface area contributed by atoms with Crippen molar-refractivity contribution in [3.63, 3.8) is 0 Å². The lowest BCUT2D eigenvalue weighted by Crippen LogP contribution is -2.03. The number of methoxy groups -OCH3 is 2. The molecule has 0 aliphatic carbocycles. The van der Waals surface area contributed by atoms with Crippen LogP contribution in [0, 0.1) is 0 Å². The van der Waals surface area contributed by atoms with Crippen molar-refractivity contribution in [3.8, 4) is 34.0 Å². The lowest BCUT2D eigenvalue weighted by atomic mass is 10.0. The minimum absolute atomic E-state index is 0.192. The maximum atomic E-state index is 11.4. The van der Waals surface area contributed by atoms with Crippen LogP contribution < -0.4 is 9.47 Å².